The lowest BCUT2D eigenvalue weighted by Gasteiger charge is -2.44. The molecule has 5 saturated heterocycles. The summed E-state index contributed by atoms with van der Waals surface area (Å²) >= 11 is 0. The molecule has 346 valence electrons. The average Bonchev–Trinajstić information content (AvgIpc) is 3.31. The van der Waals surface area contributed by atoms with Crippen LogP contribution in [-0.2, 0) is 20.6 Å². The highest BCUT2D eigenvalue weighted by Crippen LogP contribution is 2.36. The van der Waals surface area contributed by atoms with E-state index in [-0.39, 0.29) is 36.3 Å². The molecule has 65 heavy (non-hydrogen) atoms. The molecule has 0 aliphatic carbocycles. The number of nitriles is 1. The van der Waals surface area contributed by atoms with Crippen molar-refractivity contribution in [3.8, 4) is 6.07 Å². The second-order valence-corrected chi connectivity index (χ2v) is 18.3. The molecule has 15 nitrogen and oxygen atoms in total. The molecule has 4 amide bonds. The van der Waals surface area contributed by atoms with Crippen LogP contribution in [0.1, 0.15) is 79.9 Å². The second-order valence-electron chi connectivity index (χ2n) is 18.3. The average molecular weight is 898 g/mol. The van der Waals surface area contributed by atoms with Crippen LogP contribution in [0.2, 0.25) is 0 Å². The zero-order chi connectivity index (χ0) is 45.7. The normalized spacial score (nSPS) is 22.4. The number of alkyl halides is 3. The highest BCUT2D eigenvalue weighted by atomic mass is 19.4. The maximum atomic E-state index is 13.5. The van der Waals surface area contributed by atoms with Crippen molar-refractivity contribution in [2.45, 2.75) is 76.6 Å². The largest absolute Gasteiger partial charge is 0.417 e. The molecule has 2 atom stereocenters. The summed E-state index contributed by atoms with van der Waals surface area (Å²) in [4.78, 5) is 70.0. The molecule has 5 fully saturated rings. The van der Waals surface area contributed by atoms with Gasteiger partial charge in [-0.2, -0.15) is 18.4 Å². The molecule has 5 aliphatic heterocycles. The lowest BCUT2D eigenvalue weighted by Crippen LogP contribution is -2.54. The molecule has 0 saturated carbocycles. The van der Waals surface area contributed by atoms with Gasteiger partial charge in [0.25, 0.3) is 5.91 Å². The van der Waals surface area contributed by atoms with Crippen LogP contribution < -0.4 is 30.7 Å². The number of nitrogens with zero attached hydrogens (tertiary/aromatic N) is 8. The summed E-state index contributed by atoms with van der Waals surface area (Å²) in [6.45, 7) is 12.4. The van der Waals surface area contributed by atoms with E-state index in [1.165, 1.54) is 12.1 Å². The van der Waals surface area contributed by atoms with E-state index in [0.717, 1.165) is 102 Å². The van der Waals surface area contributed by atoms with Gasteiger partial charge in [-0.3, -0.25) is 29.4 Å². The molecule has 7 heterocycles. The fraction of sp³-hybridized carbons (Fsp3) is 0.553. The highest BCUT2D eigenvalue weighted by Gasteiger charge is 2.36. The monoisotopic (exact) mass is 897 g/mol. The van der Waals surface area contributed by atoms with Crippen LogP contribution in [0.3, 0.4) is 0 Å². The van der Waals surface area contributed by atoms with Crippen LogP contribution in [0.15, 0.2) is 54.9 Å². The molecule has 2 unspecified atom stereocenters. The van der Waals surface area contributed by atoms with Gasteiger partial charge in [-0.1, -0.05) is 0 Å². The lowest BCUT2D eigenvalue weighted by molar-refractivity contribution is -0.138. The van der Waals surface area contributed by atoms with Crippen LogP contribution in [0.5, 0.6) is 0 Å². The van der Waals surface area contributed by atoms with Crippen LogP contribution in [0.25, 0.3) is 0 Å². The molecule has 8 rings (SSSR count). The number of pyridine rings is 2. The van der Waals surface area contributed by atoms with E-state index in [9.17, 15) is 32.3 Å². The van der Waals surface area contributed by atoms with E-state index in [1.807, 2.05) is 29.3 Å². The van der Waals surface area contributed by atoms with E-state index in [0.29, 0.717) is 55.3 Å². The first-order chi connectivity index (χ1) is 31.3. The predicted molar refractivity (Wildman–Crippen MR) is 239 cm³/mol. The number of piperidine rings is 4. The van der Waals surface area contributed by atoms with E-state index >= 15 is 0 Å². The van der Waals surface area contributed by atoms with Crippen molar-refractivity contribution >= 4 is 46.5 Å². The van der Waals surface area contributed by atoms with Gasteiger partial charge < -0.3 is 30.2 Å². The van der Waals surface area contributed by atoms with Crippen molar-refractivity contribution in [1.29, 1.82) is 5.26 Å². The van der Waals surface area contributed by atoms with Gasteiger partial charge in [-0.15, -0.1) is 0 Å². The molecule has 0 bridgehead atoms. The van der Waals surface area contributed by atoms with Gasteiger partial charge in [0, 0.05) is 96.1 Å². The van der Waals surface area contributed by atoms with Gasteiger partial charge in [-0.25, -0.2) is 9.97 Å². The minimum Gasteiger partial charge on any atom is -0.371 e. The maximum Gasteiger partial charge on any atom is 0.417 e. The Labute approximate surface area is 377 Å². The molecule has 0 spiro atoms. The third-order valence-corrected chi connectivity index (χ3v) is 14.0. The zero-order valence-corrected chi connectivity index (χ0v) is 36.9. The van der Waals surface area contributed by atoms with E-state index in [1.54, 1.807) is 18.3 Å². The summed E-state index contributed by atoms with van der Waals surface area (Å²) in [5, 5.41) is 17.0. The number of carbonyl (C=O) groups excluding carboxylic acids is 4. The van der Waals surface area contributed by atoms with Crippen LogP contribution in [0.4, 0.5) is 36.1 Å². The van der Waals surface area contributed by atoms with Gasteiger partial charge in [0.2, 0.25) is 17.7 Å². The summed E-state index contributed by atoms with van der Waals surface area (Å²) in [5.74, 6) is 0.0951. The summed E-state index contributed by atoms with van der Waals surface area (Å²) in [5.41, 5.74) is 1.31. The Kier molecular flexibility index (Phi) is 14.2. The second kappa shape index (κ2) is 20.2. The summed E-state index contributed by atoms with van der Waals surface area (Å²) in [6.07, 6.45) is 4.81. The van der Waals surface area contributed by atoms with E-state index in [4.69, 9.17) is 5.26 Å². The Morgan fingerprint density at radius 1 is 0.785 bits per heavy atom. The van der Waals surface area contributed by atoms with Gasteiger partial charge >= 0.3 is 6.18 Å². The number of halogens is 3. The van der Waals surface area contributed by atoms with E-state index in [2.05, 4.69) is 52.4 Å². The Bertz CT molecular complexity index is 2210. The fourth-order valence-corrected chi connectivity index (χ4v) is 10.1. The maximum absolute atomic E-state index is 13.5. The minimum absolute atomic E-state index is 0.142. The number of hydrogen-bond acceptors (Lipinski definition) is 12. The molecule has 0 radical (unpaired) electrons. The van der Waals surface area contributed by atoms with Crippen LogP contribution in [0, 0.1) is 29.1 Å². The van der Waals surface area contributed by atoms with Gasteiger partial charge in [-0.05, 0) is 106 Å². The first kappa shape index (κ1) is 45.8. The van der Waals surface area contributed by atoms with Gasteiger partial charge in [0.15, 0.2) is 0 Å². The number of nitrogens with one attached hydrogen (secondary N) is 3. The van der Waals surface area contributed by atoms with Crippen molar-refractivity contribution in [2.24, 2.45) is 17.8 Å². The van der Waals surface area contributed by atoms with Crippen LogP contribution in [-0.4, -0.2) is 127 Å². The van der Waals surface area contributed by atoms with Crippen molar-refractivity contribution in [3.05, 3.63) is 71.7 Å². The fourth-order valence-electron chi connectivity index (χ4n) is 10.1. The number of benzene rings is 1. The minimum atomic E-state index is -4.62. The standard InChI is InChI=1S/C47H58F3N11O4/c1-31-28-57(29-32-10-16-59(17-11-32)37-4-6-40(52-26-37)45(64)54-41-7-9-43(62)56-46(41)65)22-23-61(31)30-33-12-18-60(19-13-33)38-5-8-42(53-27-38)55-44(63)34-14-20-58(21-15-34)36-3-2-35(25-51)39(24-36)47(48,49)50/h2-6,8,24,26-27,31-34,41H,7,9-23,28-30H2,1H3,(H,54,64)(H,53,55,63)(H,56,62,65). The molecule has 1 aromatic carbocycles. The number of amides is 4. The number of rotatable bonds is 11. The molecular weight excluding hydrogens is 840 g/mol. The van der Waals surface area contributed by atoms with Crippen LogP contribution >= 0.6 is 0 Å². The zero-order valence-electron chi connectivity index (χ0n) is 36.9. The molecule has 3 N–H and O–H groups in total. The van der Waals surface area contributed by atoms with Gasteiger partial charge in [0.05, 0.1) is 41.0 Å². The number of anilines is 4. The Hall–Kier alpha value is -5.80. The van der Waals surface area contributed by atoms with Crippen molar-refractivity contribution < 1.29 is 32.3 Å². The molecule has 18 heteroatoms. The number of piperazine rings is 1. The SMILES string of the molecule is CC1CN(CC2CCN(c3ccc(C(=O)NC4CCC(=O)NC4=O)nc3)CC2)CCN1CC1CCN(c2ccc(NC(=O)C3CCN(c4ccc(C#N)c(C(F)(F)F)c4)CC3)nc2)CC1. The molecule has 5 aliphatic rings. The lowest BCUT2D eigenvalue weighted by atomic mass is 9.94. The third-order valence-electron chi connectivity index (χ3n) is 14.0. The molecule has 3 aromatic rings. The number of imide groups is 1. The first-order valence-corrected chi connectivity index (χ1v) is 23.0. The van der Waals surface area contributed by atoms with Gasteiger partial charge in [0.1, 0.15) is 17.6 Å². The summed E-state index contributed by atoms with van der Waals surface area (Å²) in [6, 6.07) is 12.6. The first-order valence-electron chi connectivity index (χ1n) is 23.0. The third kappa shape index (κ3) is 11.4. The van der Waals surface area contributed by atoms with Crippen molar-refractivity contribution in [1.82, 2.24) is 30.4 Å². The Balaban J connectivity index is 0.708. The smallest absolute Gasteiger partial charge is 0.371 e. The number of carbonyl (C=O) groups is 4. The Morgan fingerprint density at radius 3 is 1.98 bits per heavy atom. The number of aromatic nitrogens is 2. The van der Waals surface area contributed by atoms with Crippen molar-refractivity contribution in [3.63, 3.8) is 0 Å². The Morgan fingerprint density at radius 2 is 1.40 bits per heavy atom. The summed E-state index contributed by atoms with van der Waals surface area (Å²) < 4.78 is 40.5. The molecule has 2 aromatic heterocycles. The summed E-state index contributed by atoms with van der Waals surface area (Å²) in [7, 11) is 0. The predicted octanol–water partition coefficient (Wildman–Crippen LogP) is 4.90. The van der Waals surface area contributed by atoms with Crippen molar-refractivity contribution in [2.75, 3.05) is 92.0 Å². The topological polar surface area (TPSA) is 170 Å². The molecular formula is C47H58F3N11O4. The number of hydrogen-bond donors (Lipinski definition) is 3. The quantitative estimate of drug-likeness (QED) is 0.223. The van der Waals surface area contributed by atoms with E-state index < -0.39 is 35.2 Å². The highest BCUT2D eigenvalue weighted by molar-refractivity contribution is 6.03.